The Bertz CT molecular complexity index is 243. The van der Waals surface area contributed by atoms with Crippen LogP contribution in [0.3, 0.4) is 0 Å². The van der Waals surface area contributed by atoms with E-state index in [1.165, 1.54) is 21.1 Å². The lowest BCUT2D eigenvalue weighted by Gasteiger charge is -2.18. The molecule has 0 bridgehead atoms. The summed E-state index contributed by atoms with van der Waals surface area (Å²) in [7, 11) is 2.39. The van der Waals surface area contributed by atoms with Crippen LogP contribution < -0.4 is 0 Å². The highest BCUT2D eigenvalue weighted by Crippen LogP contribution is 2.18. The van der Waals surface area contributed by atoms with E-state index >= 15 is 0 Å². The SMILES string of the molecule is COC(=O)C(C(=O)OC)[C@@H](C)CC(C)=O. The molecule has 0 aromatic heterocycles. The van der Waals surface area contributed by atoms with Crippen LogP contribution in [0, 0.1) is 11.8 Å². The van der Waals surface area contributed by atoms with Crippen molar-refractivity contribution in [3.05, 3.63) is 0 Å². The summed E-state index contributed by atoms with van der Waals surface area (Å²) < 4.78 is 8.97. The maximum atomic E-state index is 11.3. The van der Waals surface area contributed by atoms with E-state index < -0.39 is 23.8 Å². The molecule has 0 fully saturated rings. The smallest absolute Gasteiger partial charge is 0.320 e. The molecule has 0 aliphatic carbocycles. The Kier molecular flexibility index (Phi) is 5.59. The first-order valence-electron chi connectivity index (χ1n) is 4.59. The van der Waals surface area contributed by atoms with Gasteiger partial charge < -0.3 is 14.3 Å². The molecule has 0 aromatic rings. The molecule has 1 atom stereocenters. The number of methoxy groups -OCH3 is 2. The number of ketones is 1. The van der Waals surface area contributed by atoms with Gasteiger partial charge >= 0.3 is 11.9 Å². The van der Waals surface area contributed by atoms with Gasteiger partial charge in [0.05, 0.1) is 14.2 Å². The summed E-state index contributed by atoms with van der Waals surface area (Å²) in [5, 5.41) is 0. The van der Waals surface area contributed by atoms with Crippen LogP contribution in [0.1, 0.15) is 20.3 Å². The lowest BCUT2D eigenvalue weighted by atomic mass is 9.90. The van der Waals surface area contributed by atoms with Gasteiger partial charge in [-0.05, 0) is 12.8 Å². The number of hydrogen-bond acceptors (Lipinski definition) is 5. The van der Waals surface area contributed by atoms with E-state index in [9.17, 15) is 14.4 Å². The molecule has 0 rings (SSSR count). The molecule has 0 spiro atoms. The Balaban J connectivity index is 4.69. The lowest BCUT2D eigenvalue weighted by Crippen LogP contribution is -2.33. The van der Waals surface area contributed by atoms with E-state index in [0.29, 0.717) is 0 Å². The molecular weight excluding hydrogens is 200 g/mol. The Morgan fingerprint density at radius 1 is 1.07 bits per heavy atom. The fraction of sp³-hybridized carbons (Fsp3) is 0.700. The third-order valence-electron chi connectivity index (χ3n) is 2.09. The molecule has 0 aliphatic rings. The van der Waals surface area contributed by atoms with Gasteiger partial charge in [0.1, 0.15) is 5.78 Å². The summed E-state index contributed by atoms with van der Waals surface area (Å²) in [5.41, 5.74) is 0. The zero-order valence-corrected chi connectivity index (χ0v) is 9.40. The molecule has 0 saturated heterocycles. The molecule has 5 nitrogen and oxygen atoms in total. The molecule has 0 radical (unpaired) electrons. The van der Waals surface area contributed by atoms with E-state index in [2.05, 4.69) is 9.47 Å². The first-order chi connectivity index (χ1) is 6.93. The summed E-state index contributed by atoms with van der Waals surface area (Å²) in [4.78, 5) is 33.5. The average Bonchev–Trinajstić information content (AvgIpc) is 2.16. The Morgan fingerprint density at radius 3 is 1.73 bits per heavy atom. The second-order valence-electron chi connectivity index (χ2n) is 3.41. The van der Waals surface area contributed by atoms with E-state index in [1.807, 2.05) is 0 Å². The summed E-state index contributed by atoms with van der Waals surface area (Å²) in [6.45, 7) is 3.04. The van der Waals surface area contributed by atoms with Crippen LogP contribution >= 0.6 is 0 Å². The third-order valence-corrected chi connectivity index (χ3v) is 2.09. The monoisotopic (exact) mass is 216 g/mol. The van der Waals surface area contributed by atoms with Crippen molar-refractivity contribution < 1.29 is 23.9 Å². The van der Waals surface area contributed by atoms with Crippen molar-refractivity contribution in [3.63, 3.8) is 0 Å². The molecule has 86 valence electrons. The van der Waals surface area contributed by atoms with Crippen LogP contribution in [0.2, 0.25) is 0 Å². The fourth-order valence-electron chi connectivity index (χ4n) is 1.39. The molecule has 5 heteroatoms. The lowest BCUT2D eigenvalue weighted by molar-refractivity contribution is -0.161. The predicted molar refractivity (Wildman–Crippen MR) is 52.0 cm³/mol. The molecule has 0 aliphatic heterocycles. The largest absolute Gasteiger partial charge is 0.468 e. The molecule has 15 heavy (non-hydrogen) atoms. The van der Waals surface area contributed by atoms with Crippen molar-refractivity contribution in [2.24, 2.45) is 11.8 Å². The van der Waals surface area contributed by atoms with Gasteiger partial charge in [-0.25, -0.2) is 0 Å². The van der Waals surface area contributed by atoms with Crippen molar-refractivity contribution >= 4 is 17.7 Å². The van der Waals surface area contributed by atoms with Gasteiger partial charge in [0, 0.05) is 6.42 Å². The van der Waals surface area contributed by atoms with E-state index in [4.69, 9.17) is 0 Å². The van der Waals surface area contributed by atoms with Crippen LogP contribution in [0.15, 0.2) is 0 Å². The highest BCUT2D eigenvalue weighted by Gasteiger charge is 2.34. The normalized spacial score (nSPS) is 12.1. The van der Waals surface area contributed by atoms with Crippen LogP contribution in [0.25, 0.3) is 0 Å². The van der Waals surface area contributed by atoms with Crippen LogP contribution in [0.4, 0.5) is 0 Å². The number of carbonyl (C=O) groups is 3. The fourth-order valence-corrected chi connectivity index (χ4v) is 1.39. The third kappa shape index (κ3) is 4.10. The van der Waals surface area contributed by atoms with Crippen molar-refractivity contribution in [1.29, 1.82) is 0 Å². The van der Waals surface area contributed by atoms with Gasteiger partial charge in [0.2, 0.25) is 0 Å². The minimum atomic E-state index is -1.02. The average molecular weight is 216 g/mol. The topological polar surface area (TPSA) is 69.7 Å². The second kappa shape index (κ2) is 6.16. The van der Waals surface area contributed by atoms with Crippen LogP contribution in [-0.4, -0.2) is 31.9 Å². The number of esters is 2. The van der Waals surface area contributed by atoms with Gasteiger partial charge in [0.25, 0.3) is 0 Å². The molecule has 0 unspecified atom stereocenters. The molecule has 0 amide bonds. The minimum Gasteiger partial charge on any atom is -0.468 e. The van der Waals surface area contributed by atoms with Crippen LogP contribution in [0.5, 0.6) is 0 Å². The Labute approximate surface area is 88.7 Å². The minimum absolute atomic E-state index is 0.0830. The van der Waals surface area contributed by atoms with Gasteiger partial charge in [-0.2, -0.15) is 0 Å². The Hall–Kier alpha value is -1.39. The van der Waals surface area contributed by atoms with E-state index in [-0.39, 0.29) is 12.2 Å². The number of Topliss-reactive ketones (excluding diaryl/α,β-unsaturated/α-hetero) is 1. The van der Waals surface area contributed by atoms with Crippen molar-refractivity contribution in [2.75, 3.05) is 14.2 Å². The van der Waals surface area contributed by atoms with E-state index in [1.54, 1.807) is 6.92 Å². The summed E-state index contributed by atoms with van der Waals surface area (Å²) in [6, 6.07) is 0. The summed E-state index contributed by atoms with van der Waals surface area (Å²) in [6.07, 6.45) is 0.148. The highest BCUT2D eigenvalue weighted by atomic mass is 16.5. The molecular formula is C10H16O5. The number of ether oxygens (including phenoxy) is 2. The van der Waals surface area contributed by atoms with Crippen LogP contribution in [-0.2, 0) is 23.9 Å². The second-order valence-corrected chi connectivity index (χ2v) is 3.41. The predicted octanol–water partition coefficient (Wildman–Crippen LogP) is 0.564. The van der Waals surface area contributed by atoms with Crippen molar-refractivity contribution in [3.8, 4) is 0 Å². The van der Waals surface area contributed by atoms with E-state index in [0.717, 1.165) is 0 Å². The zero-order valence-electron chi connectivity index (χ0n) is 9.40. The highest BCUT2D eigenvalue weighted by molar-refractivity contribution is 5.95. The number of hydrogen-bond donors (Lipinski definition) is 0. The summed E-state index contributed by atoms with van der Waals surface area (Å²) >= 11 is 0. The Morgan fingerprint density at radius 2 is 1.47 bits per heavy atom. The molecule has 0 saturated carbocycles. The van der Waals surface area contributed by atoms with Gasteiger partial charge in [0.15, 0.2) is 5.92 Å². The maximum absolute atomic E-state index is 11.3. The van der Waals surface area contributed by atoms with Gasteiger partial charge in [-0.3, -0.25) is 9.59 Å². The quantitative estimate of drug-likeness (QED) is 0.496. The molecule has 0 aromatic carbocycles. The van der Waals surface area contributed by atoms with Crippen molar-refractivity contribution in [2.45, 2.75) is 20.3 Å². The standard InChI is InChI=1S/C10H16O5/c1-6(5-7(2)11)8(9(12)14-3)10(13)15-4/h6,8H,5H2,1-4H3/t6-/m0/s1. The zero-order chi connectivity index (χ0) is 12.0. The van der Waals surface area contributed by atoms with Gasteiger partial charge in [-0.15, -0.1) is 0 Å². The number of rotatable bonds is 5. The first-order valence-corrected chi connectivity index (χ1v) is 4.59. The van der Waals surface area contributed by atoms with Gasteiger partial charge in [-0.1, -0.05) is 6.92 Å². The molecule has 0 heterocycles. The number of carbonyl (C=O) groups excluding carboxylic acids is 3. The molecule has 0 N–H and O–H groups in total. The first kappa shape index (κ1) is 13.6. The van der Waals surface area contributed by atoms with Crippen molar-refractivity contribution in [1.82, 2.24) is 0 Å². The summed E-state index contributed by atoms with van der Waals surface area (Å²) in [5.74, 6) is -2.86. The maximum Gasteiger partial charge on any atom is 0.320 e.